The van der Waals surface area contributed by atoms with Gasteiger partial charge in [0.05, 0.1) is 5.56 Å². The van der Waals surface area contributed by atoms with Crippen LogP contribution in [-0.4, -0.2) is 30.6 Å². The van der Waals surface area contributed by atoms with Crippen molar-refractivity contribution in [2.75, 3.05) is 6.61 Å². The Labute approximate surface area is 132 Å². The van der Waals surface area contributed by atoms with E-state index in [4.69, 9.17) is 11.6 Å². The Morgan fingerprint density at radius 2 is 2.05 bits per heavy atom. The Kier molecular flexibility index (Phi) is 6.78. The number of hydrogen-bond acceptors (Lipinski definition) is 4. The van der Waals surface area contributed by atoms with Gasteiger partial charge in [-0.2, -0.15) is 0 Å². The normalized spacial score (nSPS) is 11.5. The van der Waals surface area contributed by atoms with E-state index in [0.717, 1.165) is 12.1 Å². The van der Waals surface area contributed by atoms with Gasteiger partial charge in [0.15, 0.2) is 6.61 Å². The molecule has 2 N–H and O–H groups in total. The van der Waals surface area contributed by atoms with Crippen molar-refractivity contribution >= 4 is 29.5 Å². The van der Waals surface area contributed by atoms with Gasteiger partial charge in [-0.3, -0.25) is 10.1 Å². The molecule has 0 aromatic heterocycles. The quantitative estimate of drug-likeness (QED) is 0.811. The van der Waals surface area contributed by atoms with Gasteiger partial charge in [-0.05, 0) is 31.5 Å². The van der Waals surface area contributed by atoms with Gasteiger partial charge in [0.25, 0.3) is 5.91 Å². The molecule has 120 valence electrons. The van der Waals surface area contributed by atoms with Crippen LogP contribution in [0.15, 0.2) is 18.2 Å². The molecule has 0 fully saturated rings. The molecule has 1 aromatic rings. The SMILES string of the molecule is CC[C@H](C)NC(=O)NC(=O)COC(=O)c1cc(Cl)ccc1F. The number of nitrogens with one attached hydrogen (secondary N) is 2. The number of carbonyl (C=O) groups excluding carboxylic acids is 3. The van der Waals surface area contributed by atoms with Crippen molar-refractivity contribution in [3.8, 4) is 0 Å². The second-order valence-electron chi connectivity index (χ2n) is 4.53. The molecule has 0 aliphatic heterocycles. The summed E-state index contributed by atoms with van der Waals surface area (Å²) in [4.78, 5) is 34.4. The predicted octanol–water partition coefficient (Wildman–Crippen LogP) is 2.26. The van der Waals surface area contributed by atoms with Crippen LogP contribution in [0.4, 0.5) is 9.18 Å². The minimum absolute atomic E-state index is 0.101. The fraction of sp³-hybridized carbons (Fsp3) is 0.357. The largest absolute Gasteiger partial charge is 0.452 e. The molecule has 6 nitrogen and oxygen atoms in total. The van der Waals surface area contributed by atoms with Gasteiger partial charge in [0.1, 0.15) is 5.82 Å². The molecular weight excluding hydrogens is 315 g/mol. The van der Waals surface area contributed by atoms with Crippen molar-refractivity contribution in [2.24, 2.45) is 0 Å². The van der Waals surface area contributed by atoms with Crippen molar-refractivity contribution in [3.63, 3.8) is 0 Å². The molecule has 1 aromatic carbocycles. The number of urea groups is 1. The van der Waals surface area contributed by atoms with E-state index in [1.807, 2.05) is 12.2 Å². The standard InChI is InChI=1S/C14H16ClFN2O4/c1-3-8(2)17-14(21)18-12(19)7-22-13(20)10-6-9(15)4-5-11(10)16/h4-6,8H,3,7H2,1-2H3,(H2,17,18,19,21)/t8-/m0/s1. The van der Waals surface area contributed by atoms with Gasteiger partial charge in [0, 0.05) is 11.1 Å². The van der Waals surface area contributed by atoms with Gasteiger partial charge in [-0.25, -0.2) is 14.0 Å². The van der Waals surface area contributed by atoms with Crippen LogP contribution in [0.2, 0.25) is 5.02 Å². The predicted molar refractivity (Wildman–Crippen MR) is 78.1 cm³/mol. The molecule has 0 bridgehead atoms. The highest BCUT2D eigenvalue weighted by molar-refractivity contribution is 6.30. The Bertz CT molecular complexity index is 580. The van der Waals surface area contributed by atoms with E-state index in [1.165, 1.54) is 6.07 Å². The van der Waals surface area contributed by atoms with E-state index >= 15 is 0 Å². The van der Waals surface area contributed by atoms with E-state index in [1.54, 1.807) is 6.92 Å². The van der Waals surface area contributed by atoms with Crippen molar-refractivity contribution in [1.29, 1.82) is 0 Å². The summed E-state index contributed by atoms with van der Waals surface area (Å²) < 4.78 is 18.0. The van der Waals surface area contributed by atoms with Gasteiger partial charge in [-0.15, -0.1) is 0 Å². The molecule has 0 saturated heterocycles. The van der Waals surface area contributed by atoms with Crippen molar-refractivity contribution in [1.82, 2.24) is 10.6 Å². The average Bonchev–Trinajstić information content (AvgIpc) is 2.46. The van der Waals surface area contributed by atoms with E-state index in [9.17, 15) is 18.8 Å². The second kappa shape index (κ2) is 8.33. The van der Waals surface area contributed by atoms with Crippen molar-refractivity contribution in [3.05, 3.63) is 34.6 Å². The third-order valence-corrected chi connectivity index (χ3v) is 2.96. The first-order valence-corrected chi connectivity index (χ1v) is 6.93. The number of hydrogen-bond donors (Lipinski definition) is 2. The molecule has 0 radical (unpaired) electrons. The topological polar surface area (TPSA) is 84.5 Å². The fourth-order valence-electron chi connectivity index (χ4n) is 1.39. The van der Waals surface area contributed by atoms with Crippen molar-refractivity contribution < 1.29 is 23.5 Å². The van der Waals surface area contributed by atoms with Crippen LogP contribution < -0.4 is 10.6 Å². The maximum atomic E-state index is 13.4. The molecule has 0 aliphatic rings. The molecule has 3 amide bonds. The minimum atomic E-state index is -1.04. The van der Waals surface area contributed by atoms with E-state index in [2.05, 4.69) is 10.1 Å². The van der Waals surface area contributed by atoms with E-state index in [-0.39, 0.29) is 16.6 Å². The highest BCUT2D eigenvalue weighted by atomic mass is 35.5. The van der Waals surface area contributed by atoms with Gasteiger partial charge in [-0.1, -0.05) is 18.5 Å². The highest BCUT2D eigenvalue weighted by Gasteiger charge is 2.16. The van der Waals surface area contributed by atoms with Crippen LogP contribution in [0.3, 0.4) is 0 Å². The highest BCUT2D eigenvalue weighted by Crippen LogP contribution is 2.15. The lowest BCUT2D eigenvalue weighted by Crippen LogP contribution is -2.44. The molecular formula is C14H16ClFN2O4. The Morgan fingerprint density at radius 1 is 1.36 bits per heavy atom. The number of benzene rings is 1. The molecule has 8 heteroatoms. The summed E-state index contributed by atoms with van der Waals surface area (Å²) in [6, 6.07) is 2.59. The smallest absolute Gasteiger partial charge is 0.341 e. The third kappa shape index (κ3) is 5.69. The first-order chi connectivity index (χ1) is 10.3. The molecule has 0 saturated carbocycles. The monoisotopic (exact) mass is 330 g/mol. The Morgan fingerprint density at radius 3 is 2.68 bits per heavy atom. The first-order valence-electron chi connectivity index (χ1n) is 6.56. The molecule has 0 aliphatic carbocycles. The summed E-state index contributed by atoms with van der Waals surface area (Å²) in [7, 11) is 0. The van der Waals surface area contributed by atoms with E-state index in [0.29, 0.717) is 6.42 Å². The number of ether oxygens (including phenoxy) is 1. The zero-order chi connectivity index (χ0) is 16.7. The number of halogens is 2. The van der Waals surface area contributed by atoms with Crippen molar-refractivity contribution in [2.45, 2.75) is 26.3 Å². The van der Waals surface area contributed by atoms with Crippen LogP contribution in [-0.2, 0) is 9.53 Å². The molecule has 0 unspecified atom stereocenters. The van der Waals surface area contributed by atoms with E-state index < -0.39 is 30.3 Å². The maximum Gasteiger partial charge on any atom is 0.341 e. The number of amides is 3. The van der Waals surface area contributed by atoms with Gasteiger partial charge < -0.3 is 10.1 Å². The number of imide groups is 1. The average molecular weight is 331 g/mol. The summed E-state index contributed by atoms with van der Waals surface area (Å²) in [5.41, 5.74) is -0.385. The van der Waals surface area contributed by atoms with Crippen LogP contribution in [0.5, 0.6) is 0 Å². The summed E-state index contributed by atoms with van der Waals surface area (Å²) in [5.74, 6) is -2.68. The van der Waals surface area contributed by atoms with Crippen LogP contribution in [0.25, 0.3) is 0 Å². The lowest BCUT2D eigenvalue weighted by molar-refractivity contribution is -0.123. The summed E-state index contributed by atoms with van der Waals surface area (Å²) in [6.45, 7) is 2.93. The van der Waals surface area contributed by atoms with Crippen LogP contribution in [0, 0.1) is 5.82 Å². The minimum Gasteiger partial charge on any atom is -0.452 e. The van der Waals surface area contributed by atoms with Gasteiger partial charge in [0.2, 0.25) is 0 Å². The summed E-state index contributed by atoms with van der Waals surface area (Å²) in [6.07, 6.45) is 0.699. The number of esters is 1. The first kappa shape index (κ1) is 17.9. The zero-order valence-corrected chi connectivity index (χ0v) is 12.9. The lowest BCUT2D eigenvalue weighted by atomic mass is 10.2. The molecule has 0 heterocycles. The molecule has 1 atom stereocenters. The Hall–Kier alpha value is -2.15. The number of carbonyl (C=O) groups is 3. The van der Waals surface area contributed by atoms with Crippen LogP contribution >= 0.6 is 11.6 Å². The zero-order valence-electron chi connectivity index (χ0n) is 12.1. The summed E-state index contributed by atoms with van der Waals surface area (Å²) in [5, 5.41) is 4.66. The number of rotatable bonds is 5. The summed E-state index contributed by atoms with van der Waals surface area (Å²) >= 11 is 5.65. The fourth-order valence-corrected chi connectivity index (χ4v) is 1.56. The molecule has 0 spiro atoms. The molecule has 1 rings (SSSR count). The second-order valence-corrected chi connectivity index (χ2v) is 4.97. The van der Waals surface area contributed by atoms with Crippen LogP contribution in [0.1, 0.15) is 30.6 Å². The van der Waals surface area contributed by atoms with Gasteiger partial charge >= 0.3 is 12.0 Å². The third-order valence-electron chi connectivity index (χ3n) is 2.73. The maximum absolute atomic E-state index is 13.4. The molecule has 22 heavy (non-hydrogen) atoms. The Balaban J connectivity index is 2.48. The lowest BCUT2D eigenvalue weighted by Gasteiger charge is -2.11.